The number of hydrogen-bond donors (Lipinski definition) is 1. The fourth-order valence-corrected chi connectivity index (χ4v) is 4.67. The smallest absolute Gasteiger partial charge is 0.243 e. The van der Waals surface area contributed by atoms with Gasteiger partial charge in [-0.05, 0) is 54.8 Å². The molecule has 9 heteroatoms. The molecule has 6 nitrogen and oxygen atoms in total. The van der Waals surface area contributed by atoms with Crippen molar-refractivity contribution in [2.75, 3.05) is 33.4 Å². The number of rotatable bonds is 7. The van der Waals surface area contributed by atoms with Crippen LogP contribution >= 0.6 is 0 Å². The first-order valence-electron chi connectivity index (χ1n) is 9.55. The molecule has 1 fully saturated rings. The molecule has 0 atom stereocenters. The highest BCUT2D eigenvalue weighted by molar-refractivity contribution is 7.89. The maximum absolute atomic E-state index is 13.8. The van der Waals surface area contributed by atoms with Crippen molar-refractivity contribution < 1.29 is 26.7 Å². The Hall–Kier alpha value is -2.36. The number of likely N-dealkylation sites (N-methyl/N-ethyl adjacent to an activating group) is 1. The second-order valence-electron chi connectivity index (χ2n) is 7.39. The van der Waals surface area contributed by atoms with Crippen LogP contribution in [0.1, 0.15) is 18.4 Å². The van der Waals surface area contributed by atoms with E-state index in [4.69, 9.17) is 4.74 Å². The van der Waals surface area contributed by atoms with Crippen LogP contribution in [-0.2, 0) is 25.0 Å². The number of amides is 1. The summed E-state index contributed by atoms with van der Waals surface area (Å²) in [4.78, 5) is 12.4. The molecule has 1 heterocycles. The Bertz CT molecular complexity index is 990. The minimum atomic E-state index is -3.93. The summed E-state index contributed by atoms with van der Waals surface area (Å²) in [5, 5.41) is 2.79. The highest BCUT2D eigenvalue weighted by Gasteiger charge is 2.35. The molecule has 0 saturated carbocycles. The van der Waals surface area contributed by atoms with Crippen LogP contribution in [0.2, 0.25) is 0 Å². The molecule has 1 aliphatic rings. The highest BCUT2D eigenvalue weighted by Crippen LogP contribution is 2.34. The molecule has 1 amide bonds. The molecule has 2 aromatic rings. The van der Waals surface area contributed by atoms with Crippen molar-refractivity contribution in [2.45, 2.75) is 23.2 Å². The van der Waals surface area contributed by atoms with E-state index in [9.17, 15) is 22.0 Å². The van der Waals surface area contributed by atoms with E-state index in [0.29, 0.717) is 26.1 Å². The lowest BCUT2D eigenvalue weighted by Crippen LogP contribution is -2.47. The molecule has 3 rings (SSSR count). The highest BCUT2D eigenvalue weighted by atomic mass is 32.2. The van der Waals surface area contributed by atoms with E-state index in [1.165, 1.54) is 19.2 Å². The van der Waals surface area contributed by atoms with Crippen molar-refractivity contribution in [3.63, 3.8) is 0 Å². The topological polar surface area (TPSA) is 75.7 Å². The molecular formula is C21H24F2N2O4S. The molecular weight excluding hydrogens is 414 g/mol. The first-order valence-corrected chi connectivity index (χ1v) is 11.0. The number of nitrogens with one attached hydrogen (secondary N) is 1. The lowest BCUT2D eigenvalue weighted by atomic mass is 9.74. The second kappa shape index (κ2) is 9.20. The van der Waals surface area contributed by atoms with E-state index < -0.39 is 33.7 Å². The summed E-state index contributed by atoms with van der Waals surface area (Å²) in [6.45, 7) is 0.828. The van der Waals surface area contributed by atoms with Gasteiger partial charge in [-0.15, -0.1) is 0 Å². The summed E-state index contributed by atoms with van der Waals surface area (Å²) in [6, 6.07) is 10.7. The largest absolute Gasteiger partial charge is 0.381 e. The van der Waals surface area contributed by atoms with E-state index in [1.54, 1.807) is 6.07 Å². The summed E-state index contributed by atoms with van der Waals surface area (Å²) in [6.07, 6.45) is 1.22. The number of halogens is 2. The first-order chi connectivity index (χ1) is 14.2. The van der Waals surface area contributed by atoms with Gasteiger partial charge in [0, 0.05) is 32.2 Å². The van der Waals surface area contributed by atoms with Crippen LogP contribution in [0.15, 0.2) is 53.4 Å². The zero-order valence-corrected chi connectivity index (χ0v) is 17.4. The summed E-state index contributed by atoms with van der Waals surface area (Å²) in [5.41, 5.74) is 0.295. The number of ether oxygens (including phenoxy) is 1. The van der Waals surface area contributed by atoms with Gasteiger partial charge in [0.2, 0.25) is 15.9 Å². The van der Waals surface area contributed by atoms with Gasteiger partial charge in [0.1, 0.15) is 11.6 Å². The van der Waals surface area contributed by atoms with Gasteiger partial charge in [-0.2, -0.15) is 4.31 Å². The Labute approximate surface area is 174 Å². The third-order valence-corrected chi connectivity index (χ3v) is 7.22. The van der Waals surface area contributed by atoms with Crippen LogP contribution in [0.5, 0.6) is 0 Å². The van der Waals surface area contributed by atoms with Crippen LogP contribution in [0.4, 0.5) is 8.78 Å². The lowest BCUT2D eigenvalue weighted by Gasteiger charge is -2.38. The number of carbonyl (C=O) groups excluding carboxylic acids is 1. The van der Waals surface area contributed by atoms with E-state index in [1.807, 2.05) is 6.07 Å². The molecule has 0 radical (unpaired) electrons. The van der Waals surface area contributed by atoms with Crippen LogP contribution in [-0.4, -0.2) is 52.0 Å². The van der Waals surface area contributed by atoms with Crippen LogP contribution in [0.3, 0.4) is 0 Å². The zero-order valence-electron chi connectivity index (χ0n) is 16.6. The van der Waals surface area contributed by atoms with Gasteiger partial charge in [0.05, 0.1) is 11.4 Å². The molecule has 1 N–H and O–H groups in total. The molecule has 0 unspecified atom stereocenters. The molecule has 1 saturated heterocycles. The van der Waals surface area contributed by atoms with Gasteiger partial charge >= 0.3 is 0 Å². The molecule has 162 valence electrons. The number of sulfonamides is 1. The van der Waals surface area contributed by atoms with E-state index in [2.05, 4.69) is 5.32 Å². The van der Waals surface area contributed by atoms with E-state index in [-0.39, 0.29) is 17.3 Å². The standard InChI is InChI=1S/C21H24F2N2O4S/c1-25(30(27,28)19-7-5-17(22)6-8-19)14-20(26)24-15-21(9-11-29-12-10-21)16-3-2-4-18(23)13-16/h2-8,13H,9-12,14-15H2,1H3,(H,24,26). The van der Waals surface area contributed by atoms with Gasteiger partial charge in [0.15, 0.2) is 0 Å². The third-order valence-electron chi connectivity index (χ3n) is 5.40. The van der Waals surface area contributed by atoms with Crippen molar-refractivity contribution in [2.24, 2.45) is 0 Å². The maximum atomic E-state index is 13.8. The van der Waals surface area contributed by atoms with Crippen LogP contribution in [0, 0.1) is 11.6 Å². The minimum Gasteiger partial charge on any atom is -0.381 e. The monoisotopic (exact) mass is 438 g/mol. The quantitative estimate of drug-likeness (QED) is 0.721. The molecule has 0 bridgehead atoms. The van der Waals surface area contributed by atoms with Crippen LogP contribution < -0.4 is 5.32 Å². The Kier molecular flexibility index (Phi) is 6.84. The summed E-state index contributed by atoms with van der Waals surface area (Å²) in [7, 11) is -2.64. The third kappa shape index (κ3) is 5.03. The van der Waals surface area contributed by atoms with Crippen molar-refractivity contribution in [1.29, 1.82) is 0 Å². The molecule has 0 spiro atoms. The molecule has 0 aliphatic carbocycles. The fourth-order valence-electron chi connectivity index (χ4n) is 3.55. The van der Waals surface area contributed by atoms with Crippen LogP contribution in [0.25, 0.3) is 0 Å². The van der Waals surface area contributed by atoms with Gasteiger partial charge in [-0.25, -0.2) is 17.2 Å². The zero-order chi connectivity index (χ0) is 21.8. The lowest BCUT2D eigenvalue weighted by molar-refractivity contribution is -0.121. The Morgan fingerprint density at radius 1 is 1.10 bits per heavy atom. The van der Waals surface area contributed by atoms with Gasteiger partial charge in [-0.1, -0.05) is 12.1 Å². The minimum absolute atomic E-state index is 0.0974. The van der Waals surface area contributed by atoms with E-state index in [0.717, 1.165) is 34.1 Å². The molecule has 0 aromatic heterocycles. The predicted octanol–water partition coefficient (Wildman–Crippen LogP) is 2.45. The van der Waals surface area contributed by atoms with Gasteiger partial charge in [0.25, 0.3) is 0 Å². The van der Waals surface area contributed by atoms with Crippen molar-refractivity contribution in [3.05, 3.63) is 65.7 Å². The SMILES string of the molecule is CN(CC(=O)NCC1(c2cccc(F)c2)CCOCC1)S(=O)(=O)c1ccc(F)cc1. The number of benzene rings is 2. The average molecular weight is 438 g/mol. The number of hydrogen-bond acceptors (Lipinski definition) is 4. The van der Waals surface area contributed by atoms with E-state index >= 15 is 0 Å². The summed E-state index contributed by atoms with van der Waals surface area (Å²) in [5.74, 6) is -1.38. The fraction of sp³-hybridized carbons (Fsp3) is 0.381. The Balaban J connectivity index is 1.68. The Morgan fingerprint density at radius 3 is 2.40 bits per heavy atom. The van der Waals surface area contributed by atoms with Gasteiger partial charge < -0.3 is 10.1 Å². The van der Waals surface area contributed by atoms with Gasteiger partial charge in [-0.3, -0.25) is 4.79 Å². The Morgan fingerprint density at radius 2 is 1.77 bits per heavy atom. The maximum Gasteiger partial charge on any atom is 0.243 e. The number of carbonyl (C=O) groups is 1. The van der Waals surface area contributed by atoms with Crippen molar-refractivity contribution in [1.82, 2.24) is 9.62 Å². The summed E-state index contributed by atoms with van der Waals surface area (Å²) < 4.78 is 58.3. The first kappa shape index (κ1) is 22.3. The summed E-state index contributed by atoms with van der Waals surface area (Å²) >= 11 is 0. The average Bonchev–Trinajstić information content (AvgIpc) is 2.73. The molecule has 1 aliphatic heterocycles. The normalized spacial score (nSPS) is 16.4. The van der Waals surface area contributed by atoms with Crippen molar-refractivity contribution in [3.8, 4) is 0 Å². The molecule has 30 heavy (non-hydrogen) atoms. The number of nitrogens with zero attached hydrogens (tertiary/aromatic N) is 1. The predicted molar refractivity (Wildman–Crippen MR) is 107 cm³/mol. The van der Waals surface area contributed by atoms with Crippen molar-refractivity contribution >= 4 is 15.9 Å². The molecule has 2 aromatic carbocycles. The second-order valence-corrected chi connectivity index (χ2v) is 9.44.